The molecule has 0 amide bonds. The maximum atomic E-state index is 6.14. The first kappa shape index (κ1) is 16.3. The first-order valence-electron chi connectivity index (χ1n) is 7.41. The third kappa shape index (κ3) is 3.52. The van der Waals surface area contributed by atoms with Gasteiger partial charge in [-0.15, -0.1) is 11.3 Å². The summed E-state index contributed by atoms with van der Waals surface area (Å²) in [5, 5.41) is 5.42. The van der Waals surface area contributed by atoms with Crippen molar-refractivity contribution >= 4 is 43.3 Å². The highest BCUT2D eigenvalue weighted by Crippen LogP contribution is 2.34. The Labute approximate surface area is 147 Å². The van der Waals surface area contributed by atoms with Gasteiger partial charge < -0.3 is 11.1 Å². The molecule has 120 valence electrons. The van der Waals surface area contributed by atoms with Gasteiger partial charge in [-0.25, -0.2) is 9.97 Å². The highest BCUT2D eigenvalue weighted by atomic mass is 79.9. The van der Waals surface area contributed by atoms with Crippen molar-refractivity contribution in [3.05, 3.63) is 34.4 Å². The van der Waals surface area contributed by atoms with Gasteiger partial charge in [-0.1, -0.05) is 13.8 Å². The molecule has 0 spiro atoms. The highest BCUT2D eigenvalue weighted by molar-refractivity contribution is 9.10. The van der Waals surface area contributed by atoms with Crippen LogP contribution in [0.3, 0.4) is 0 Å². The van der Waals surface area contributed by atoms with Crippen LogP contribution in [0.15, 0.2) is 34.4 Å². The highest BCUT2D eigenvalue weighted by Gasteiger charge is 2.15. The van der Waals surface area contributed by atoms with E-state index < -0.39 is 0 Å². The second kappa shape index (κ2) is 6.90. The number of pyridine rings is 1. The summed E-state index contributed by atoms with van der Waals surface area (Å²) in [7, 11) is 0. The standard InChI is InChI=1S/C16H18BrN5S/c1-9(2)12(18)7-20-16-14-13(11(17)8-23-14)21-15(22-16)10-3-5-19-6-4-10/h3-6,8-9,12H,7,18H2,1-2H3,(H,20,21,22)/t12-/m1/s1. The van der Waals surface area contributed by atoms with Crippen molar-refractivity contribution in [1.82, 2.24) is 15.0 Å². The van der Waals surface area contributed by atoms with Crippen molar-refractivity contribution < 1.29 is 0 Å². The van der Waals surface area contributed by atoms with E-state index >= 15 is 0 Å². The molecule has 3 rings (SSSR count). The number of nitrogens with one attached hydrogen (secondary N) is 1. The molecular formula is C16H18BrN5S. The average Bonchev–Trinajstić information content (AvgIpc) is 2.94. The van der Waals surface area contributed by atoms with Crippen LogP contribution in [0.5, 0.6) is 0 Å². The molecule has 0 radical (unpaired) electrons. The maximum absolute atomic E-state index is 6.14. The number of nitrogens with zero attached hydrogens (tertiary/aromatic N) is 3. The third-order valence-electron chi connectivity index (χ3n) is 3.67. The van der Waals surface area contributed by atoms with Crippen LogP contribution in [0.2, 0.25) is 0 Å². The Bertz CT molecular complexity index is 803. The summed E-state index contributed by atoms with van der Waals surface area (Å²) in [6, 6.07) is 3.89. The number of aromatic nitrogens is 3. The van der Waals surface area contributed by atoms with Crippen LogP contribution in [-0.2, 0) is 0 Å². The molecule has 0 saturated heterocycles. The fraction of sp³-hybridized carbons (Fsp3) is 0.312. The Morgan fingerprint density at radius 1 is 1.26 bits per heavy atom. The summed E-state index contributed by atoms with van der Waals surface area (Å²) < 4.78 is 2.01. The summed E-state index contributed by atoms with van der Waals surface area (Å²) in [5.74, 6) is 1.92. The normalized spacial score (nSPS) is 12.7. The molecule has 23 heavy (non-hydrogen) atoms. The van der Waals surface area contributed by atoms with Gasteiger partial charge in [0.25, 0.3) is 0 Å². The molecule has 3 N–H and O–H groups in total. The van der Waals surface area contributed by atoms with E-state index in [1.807, 2.05) is 17.5 Å². The SMILES string of the molecule is CC(C)[C@H](N)CNc1nc(-c2ccncc2)nc2c(Br)csc12. The topological polar surface area (TPSA) is 76.7 Å². The van der Waals surface area contributed by atoms with Crippen molar-refractivity contribution in [3.8, 4) is 11.4 Å². The number of fused-ring (bicyclic) bond motifs is 1. The zero-order chi connectivity index (χ0) is 16.4. The number of nitrogens with two attached hydrogens (primary N) is 1. The molecule has 0 saturated carbocycles. The molecule has 0 aliphatic rings. The summed E-state index contributed by atoms with van der Waals surface area (Å²) >= 11 is 5.18. The van der Waals surface area contributed by atoms with E-state index in [1.165, 1.54) is 0 Å². The van der Waals surface area contributed by atoms with Gasteiger partial charge in [0.15, 0.2) is 5.82 Å². The zero-order valence-electron chi connectivity index (χ0n) is 13.0. The van der Waals surface area contributed by atoms with Crippen LogP contribution in [0, 0.1) is 5.92 Å². The van der Waals surface area contributed by atoms with Crippen molar-refractivity contribution in [1.29, 1.82) is 0 Å². The summed E-state index contributed by atoms with van der Waals surface area (Å²) in [6.45, 7) is 4.91. The lowest BCUT2D eigenvalue weighted by atomic mass is 10.1. The Morgan fingerprint density at radius 2 is 2.00 bits per heavy atom. The number of hydrogen-bond acceptors (Lipinski definition) is 6. The minimum Gasteiger partial charge on any atom is -0.367 e. The van der Waals surface area contributed by atoms with Gasteiger partial charge in [0.1, 0.15) is 11.3 Å². The monoisotopic (exact) mass is 391 g/mol. The molecule has 0 aromatic carbocycles. The van der Waals surface area contributed by atoms with E-state index in [9.17, 15) is 0 Å². The zero-order valence-corrected chi connectivity index (χ0v) is 15.4. The Kier molecular flexibility index (Phi) is 4.89. The Morgan fingerprint density at radius 3 is 2.70 bits per heavy atom. The van der Waals surface area contributed by atoms with Crippen LogP contribution in [-0.4, -0.2) is 27.5 Å². The first-order chi connectivity index (χ1) is 11.1. The van der Waals surface area contributed by atoms with Crippen molar-refractivity contribution in [2.75, 3.05) is 11.9 Å². The van der Waals surface area contributed by atoms with Gasteiger partial charge in [0.2, 0.25) is 0 Å². The largest absolute Gasteiger partial charge is 0.367 e. The molecule has 3 aromatic rings. The molecule has 0 aliphatic carbocycles. The van der Waals surface area contributed by atoms with Crippen LogP contribution in [0.25, 0.3) is 21.6 Å². The second-order valence-corrected chi connectivity index (χ2v) is 7.42. The molecule has 0 fully saturated rings. The van der Waals surface area contributed by atoms with E-state index in [4.69, 9.17) is 10.7 Å². The molecule has 0 bridgehead atoms. The molecule has 0 aliphatic heterocycles. The quantitative estimate of drug-likeness (QED) is 0.689. The van der Waals surface area contributed by atoms with Crippen LogP contribution in [0.4, 0.5) is 5.82 Å². The predicted octanol–water partition coefficient (Wildman–Crippen LogP) is 3.91. The van der Waals surface area contributed by atoms with E-state index in [-0.39, 0.29) is 6.04 Å². The van der Waals surface area contributed by atoms with Gasteiger partial charge in [0.05, 0.1) is 9.17 Å². The Hall–Kier alpha value is -1.57. The second-order valence-electron chi connectivity index (χ2n) is 5.68. The molecule has 3 aromatic heterocycles. The lowest BCUT2D eigenvalue weighted by molar-refractivity contribution is 0.511. The van der Waals surface area contributed by atoms with E-state index in [0.29, 0.717) is 18.3 Å². The van der Waals surface area contributed by atoms with Gasteiger partial charge in [-0.3, -0.25) is 4.98 Å². The van der Waals surface area contributed by atoms with E-state index in [0.717, 1.165) is 26.1 Å². The van der Waals surface area contributed by atoms with Crippen LogP contribution < -0.4 is 11.1 Å². The molecule has 7 heteroatoms. The van der Waals surface area contributed by atoms with Crippen molar-refractivity contribution in [2.24, 2.45) is 11.7 Å². The van der Waals surface area contributed by atoms with Gasteiger partial charge >= 0.3 is 0 Å². The minimum absolute atomic E-state index is 0.0767. The minimum atomic E-state index is 0.0767. The third-order valence-corrected chi connectivity index (χ3v) is 5.56. The van der Waals surface area contributed by atoms with Gasteiger partial charge in [-0.05, 0) is 34.0 Å². The number of rotatable bonds is 5. The smallest absolute Gasteiger partial charge is 0.162 e. The van der Waals surface area contributed by atoms with Gasteiger partial charge in [0, 0.05) is 35.9 Å². The Balaban J connectivity index is 2.02. The summed E-state index contributed by atoms with van der Waals surface area (Å²) in [4.78, 5) is 13.4. The summed E-state index contributed by atoms with van der Waals surface area (Å²) in [5.41, 5.74) is 8.00. The molecular weight excluding hydrogens is 374 g/mol. The van der Waals surface area contributed by atoms with Crippen molar-refractivity contribution in [3.63, 3.8) is 0 Å². The number of thiophene rings is 1. The van der Waals surface area contributed by atoms with Gasteiger partial charge in [-0.2, -0.15) is 0 Å². The molecule has 3 heterocycles. The van der Waals surface area contributed by atoms with Crippen LogP contribution in [0.1, 0.15) is 13.8 Å². The number of hydrogen-bond donors (Lipinski definition) is 2. The fourth-order valence-electron chi connectivity index (χ4n) is 2.09. The summed E-state index contributed by atoms with van der Waals surface area (Å²) in [6.07, 6.45) is 3.49. The lowest BCUT2D eigenvalue weighted by Crippen LogP contribution is -2.34. The lowest BCUT2D eigenvalue weighted by Gasteiger charge is -2.17. The molecule has 5 nitrogen and oxygen atoms in total. The number of halogens is 1. The fourth-order valence-corrected chi connectivity index (χ4v) is 3.62. The molecule has 0 unspecified atom stereocenters. The molecule has 1 atom stereocenters. The van der Waals surface area contributed by atoms with Crippen LogP contribution >= 0.6 is 27.3 Å². The first-order valence-corrected chi connectivity index (χ1v) is 9.08. The van der Waals surface area contributed by atoms with E-state index in [1.54, 1.807) is 23.7 Å². The maximum Gasteiger partial charge on any atom is 0.162 e. The van der Waals surface area contributed by atoms with Crippen molar-refractivity contribution in [2.45, 2.75) is 19.9 Å². The average molecular weight is 392 g/mol. The van der Waals surface area contributed by atoms with E-state index in [2.05, 4.69) is 45.1 Å². The number of anilines is 1. The predicted molar refractivity (Wildman–Crippen MR) is 99.6 cm³/mol.